The molecule has 2 N–H and O–H groups in total. The monoisotopic (exact) mass is 304 g/mol. The van der Waals surface area contributed by atoms with Crippen LogP contribution >= 0.6 is 23.2 Å². The maximum atomic E-state index is 5.98. The standard InChI is InChI=1S/C16H14Cl2N2/c17-13-3-1-11(2-4-13)8-19-9-12-10-20-16-7-14(18)5-6-15(12)16/h1-7,10,19-20H,8-9H2. The van der Waals surface area contributed by atoms with E-state index in [1.165, 1.54) is 16.5 Å². The molecule has 0 radical (unpaired) electrons. The van der Waals surface area contributed by atoms with Crippen LogP contribution in [-0.4, -0.2) is 4.98 Å². The zero-order valence-electron chi connectivity index (χ0n) is 10.8. The summed E-state index contributed by atoms with van der Waals surface area (Å²) >= 11 is 11.8. The van der Waals surface area contributed by atoms with Crippen molar-refractivity contribution >= 4 is 34.1 Å². The van der Waals surface area contributed by atoms with Crippen LogP contribution in [0.15, 0.2) is 48.7 Å². The van der Waals surface area contributed by atoms with E-state index in [0.29, 0.717) is 0 Å². The highest BCUT2D eigenvalue weighted by Crippen LogP contribution is 2.22. The summed E-state index contributed by atoms with van der Waals surface area (Å²) in [6.45, 7) is 1.63. The number of fused-ring (bicyclic) bond motifs is 1. The quantitative estimate of drug-likeness (QED) is 0.714. The van der Waals surface area contributed by atoms with Crippen molar-refractivity contribution in [3.05, 3.63) is 69.8 Å². The number of benzene rings is 2. The van der Waals surface area contributed by atoms with Crippen LogP contribution < -0.4 is 5.32 Å². The molecule has 0 saturated heterocycles. The second-order valence-corrected chi connectivity index (χ2v) is 5.61. The average Bonchev–Trinajstić information content (AvgIpc) is 2.83. The van der Waals surface area contributed by atoms with Gasteiger partial charge in [-0.1, -0.05) is 41.4 Å². The maximum Gasteiger partial charge on any atom is 0.0472 e. The fourth-order valence-corrected chi connectivity index (χ4v) is 2.55. The normalized spacial score (nSPS) is 11.1. The average molecular weight is 305 g/mol. The third-order valence-electron chi connectivity index (χ3n) is 3.29. The summed E-state index contributed by atoms with van der Waals surface area (Å²) in [7, 11) is 0. The molecule has 2 nitrogen and oxygen atoms in total. The van der Waals surface area contributed by atoms with Gasteiger partial charge in [0.1, 0.15) is 0 Å². The van der Waals surface area contributed by atoms with Gasteiger partial charge in [0.05, 0.1) is 0 Å². The Bertz CT molecular complexity index is 717. The van der Waals surface area contributed by atoms with Gasteiger partial charge in [-0.05, 0) is 35.4 Å². The van der Waals surface area contributed by atoms with Gasteiger partial charge in [0.25, 0.3) is 0 Å². The number of H-pyrrole nitrogens is 1. The van der Waals surface area contributed by atoms with Crippen molar-refractivity contribution in [1.29, 1.82) is 0 Å². The summed E-state index contributed by atoms with van der Waals surface area (Å²) in [5, 5.41) is 6.16. The minimum Gasteiger partial charge on any atom is -0.361 e. The van der Waals surface area contributed by atoms with Crippen LogP contribution in [-0.2, 0) is 13.1 Å². The Morgan fingerprint density at radius 1 is 0.900 bits per heavy atom. The van der Waals surface area contributed by atoms with Gasteiger partial charge in [-0.15, -0.1) is 0 Å². The first-order valence-electron chi connectivity index (χ1n) is 6.43. The lowest BCUT2D eigenvalue weighted by Gasteiger charge is -2.04. The van der Waals surface area contributed by atoms with Crippen LogP contribution in [0.25, 0.3) is 10.9 Å². The van der Waals surface area contributed by atoms with Gasteiger partial charge in [0, 0.05) is 40.2 Å². The molecular weight excluding hydrogens is 291 g/mol. The number of halogens is 2. The lowest BCUT2D eigenvalue weighted by molar-refractivity contribution is 0.696. The van der Waals surface area contributed by atoms with Gasteiger partial charge in [-0.2, -0.15) is 0 Å². The topological polar surface area (TPSA) is 27.8 Å². The molecule has 0 fully saturated rings. The van der Waals surface area contributed by atoms with Crippen LogP contribution in [0.2, 0.25) is 10.0 Å². The summed E-state index contributed by atoms with van der Waals surface area (Å²) in [5.74, 6) is 0. The van der Waals surface area contributed by atoms with Crippen LogP contribution in [0.4, 0.5) is 0 Å². The maximum absolute atomic E-state index is 5.98. The van der Waals surface area contributed by atoms with E-state index >= 15 is 0 Å². The van der Waals surface area contributed by atoms with Crippen molar-refractivity contribution in [3.8, 4) is 0 Å². The molecular formula is C16H14Cl2N2. The van der Waals surface area contributed by atoms with E-state index in [9.17, 15) is 0 Å². The van der Waals surface area contributed by atoms with Crippen molar-refractivity contribution in [2.75, 3.05) is 0 Å². The molecule has 0 aliphatic carbocycles. The molecule has 0 aliphatic rings. The first-order valence-corrected chi connectivity index (χ1v) is 7.18. The molecule has 0 saturated carbocycles. The molecule has 1 heterocycles. The Hall–Kier alpha value is -1.48. The zero-order valence-corrected chi connectivity index (χ0v) is 12.3. The highest BCUT2D eigenvalue weighted by Gasteiger charge is 2.03. The van der Waals surface area contributed by atoms with E-state index in [1.54, 1.807) is 0 Å². The van der Waals surface area contributed by atoms with Gasteiger partial charge in [0.2, 0.25) is 0 Å². The van der Waals surface area contributed by atoms with E-state index < -0.39 is 0 Å². The lowest BCUT2D eigenvalue weighted by atomic mass is 10.1. The Kier molecular flexibility index (Phi) is 3.97. The Balaban J connectivity index is 1.66. The summed E-state index contributed by atoms with van der Waals surface area (Å²) in [5.41, 5.74) is 3.53. The Morgan fingerprint density at radius 2 is 1.65 bits per heavy atom. The summed E-state index contributed by atoms with van der Waals surface area (Å²) in [6, 6.07) is 13.8. The van der Waals surface area contributed by atoms with Crippen molar-refractivity contribution in [1.82, 2.24) is 10.3 Å². The van der Waals surface area contributed by atoms with Crippen LogP contribution in [0.5, 0.6) is 0 Å². The van der Waals surface area contributed by atoms with Crippen LogP contribution in [0.3, 0.4) is 0 Å². The lowest BCUT2D eigenvalue weighted by Crippen LogP contribution is -2.12. The molecule has 3 rings (SSSR count). The number of aromatic amines is 1. The molecule has 20 heavy (non-hydrogen) atoms. The summed E-state index contributed by atoms with van der Waals surface area (Å²) < 4.78 is 0. The predicted octanol–water partition coefficient (Wildman–Crippen LogP) is 4.76. The Morgan fingerprint density at radius 3 is 2.45 bits per heavy atom. The molecule has 4 heteroatoms. The number of aromatic nitrogens is 1. The second-order valence-electron chi connectivity index (χ2n) is 4.73. The minimum atomic E-state index is 0.750. The van der Waals surface area contributed by atoms with E-state index in [1.807, 2.05) is 48.7 Å². The second kappa shape index (κ2) is 5.88. The number of hydrogen-bond donors (Lipinski definition) is 2. The fourth-order valence-electron chi connectivity index (χ4n) is 2.25. The first-order chi connectivity index (χ1) is 9.72. The third-order valence-corrected chi connectivity index (χ3v) is 3.77. The molecule has 0 atom stereocenters. The van der Waals surface area contributed by atoms with Gasteiger partial charge in [-0.3, -0.25) is 0 Å². The third kappa shape index (κ3) is 2.98. The highest BCUT2D eigenvalue weighted by molar-refractivity contribution is 6.31. The van der Waals surface area contributed by atoms with E-state index in [0.717, 1.165) is 28.7 Å². The molecule has 0 spiro atoms. The number of hydrogen-bond acceptors (Lipinski definition) is 1. The minimum absolute atomic E-state index is 0.750. The summed E-state index contributed by atoms with van der Waals surface area (Å²) in [6.07, 6.45) is 2.02. The van der Waals surface area contributed by atoms with E-state index in [4.69, 9.17) is 23.2 Å². The van der Waals surface area contributed by atoms with Gasteiger partial charge in [0.15, 0.2) is 0 Å². The molecule has 102 valence electrons. The van der Waals surface area contributed by atoms with E-state index in [2.05, 4.69) is 10.3 Å². The van der Waals surface area contributed by atoms with Gasteiger partial charge in [-0.25, -0.2) is 0 Å². The molecule has 3 aromatic rings. The number of nitrogens with one attached hydrogen (secondary N) is 2. The zero-order chi connectivity index (χ0) is 13.9. The first kappa shape index (κ1) is 13.5. The molecule has 0 bridgehead atoms. The fraction of sp³-hybridized carbons (Fsp3) is 0.125. The molecule has 0 unspecified atom stereocenters. The SMILES string of the molecule is Clc1ccc(CNCc2c[nH]c3cc(Cl)ccc23)cc1. The van der Waals surface area contributed by atoms with Gasteiger partial charge < -0.3 is 10.3 Å². The summed E-state index contributed by atoms with van der Waals surface area (Å²) in [4.78, 5) is 3.24. The number of rotatable bonds is 4. The predicted molar refractivity (Wildman–Crippen MR) is 85.3 cm³/mol. The molecule has 0 amide bonds. The van der Waals surface area contributed by atoms with Crippen molar-refractivity contribution in [2.45, 2.75) is 13.1 Å². The van der Waals surface area contributed by atoms with E-state index in [-0.39, 0.29) is 0 Å². The van der Waals surface area contributed by atoms with Crippen LogP contribution in [0.1, 0.15) is 11.1 Å². The van der Waals surface area contributed by atoms with Crippen molar-refractivity contribution in [2.24, 2.45) is 0 Å². The molecule has 1 aromatic heterocycles. The van der Waals surface area contributed by atoms with Crippen molar-refractivity contribution in [3.63, 3.8) is 0 Å². The largest absolute Gasteiger partial charge is 0.361 e. The molecule has 2 aromatic carbocycles. The molecule has 0 aliphatic heterocycles. The van der Waals surface area contributed by atoms with Crippen molar-refractivity contribution < 1.29 is 0 Å². The van der Waals surface area contributed by atoms with Gasteiger partial charge >= 0.3 is 0 Å². The Labute approximate surface area is 127 Å². The van der Waals surface area contributed by atoms with Crippen LogP contribution in [0, 0.1) is 0 Å². The smallest absolute Gasteiger partial charge is 0.0472 e. The highest BCUT2D eigenvalue weighted by atomic mass is 35.5.